The Morgan fingerprint density at radius 3 is 2.32 bits per heavy atom. The highest BCUT2D eigenvalue weighted by atomic mass is 35.5. The molecule has 8 nitrogen and oxygen atoms in total. The Hall–Kier alpha value is -4.43. The van der Waals surface area contributed by atoms with Crippen molar-refractivity contribution in [2.75, 3.05) is 32.0 Å². The predicted molar refractivity (Wildman–Crippen MR) is 149 cm³/mol. The number of benzene rings is 3. The average Bonchev–Trinajstić information content (AvgIpc) is 3.37. The van der Waals surface area contributed by atoms with Crippen molar-refractivity contribution in [3.05, 3.63) is 100 Å². The molecule has 0 fully saturated rings. The second-order valence-electron chi connectivity index (χ2n) is 8.75. The standard InChI is InChI=1S/C29H27ClN4O4/c1-17-5-7-18(8-6-17)23-15-24(21-13-14-25(36-2)27(38-4)26(21)37-3)34-28(33-23)22(16-31-34)29(35)32-20-11-9-19(30)10-12-20/h5-16,24,33H,1-4H3,(H,32,35)/t24-/m1/s1. The molecule has 2 heterocycles. The maximum absolute atomic E-state index is 13.4. The highest BCUT2D eigenvalue weighted by Gasteiger charge is 2.31. The Balaban J connectivity index is 1.62. The summed E-state index contributed by atoms with van der Waals surface area (Å²) in [6, 6.07) is 18.4. The Morgan fingerprint density at radius 2 is 1.66 bits per heavy atom. The number of ether oxygens (including phenoxy) is 3. The molecule has 1 aromatic heterocycles. The van der Waals surface area contributed by atoms with Crippen LogP contribution in [0.15, 0.2) is 72.9 Å². The zero-order chi connectivity index (χ0) is 26.8. The van der Waals surface area contributed by atoms with E-state index in [2.05, 4.69) is 21.8 Å². The lowest BCUT2D eigenvalue weighted by Gasteiger charge is -2.28. The van der Waals surface area contributed by atoms with Crippen molar-refractivity contribution in [1.29, 1.82) is 0 Å². The molecule has 1 amide bonds. The van der Waals surface area contributed by atoms with Gasteiger partial charge in [-0.2, -0.15) is 5.10 Å². The van der Waals surface area contributed by atoms with E-state index in [1.165, 1.54) is 0 Å². The number of anilines is 2. The van der Waals surface area contributed by atoms with Crippen LogP contribution in [-0.2, 0) is 0 Å². The smallest absolute Gasteiger partial charge is 0.261 e. The largest absolute Gasteiger partial charge is 0.493 e. The van der Waals surface area contributed by atoms with Crippen LogP contribution in [-0.4, -0.2) is 37.0 Å². The molecule has 0 bridgehead atoms. The summed E-state index contributed by atoms with van der Waals surface area (Å²) >= 11 is 6.00. The fourth-order valence-electron chi connectivity index (χ4n) is 4.47. The van der Waals surface area contributed by atoms with E-state index in [1.54, 1.807) is 56.5 Å². The molecule has 0 saturated carbocycles. The number of allylic oxidation sites excluding steroid dienone is 1. The van der Waals surface area contributed by atoms with Gasteiger partial charge in [0.1, 0.15) is 17.4 Å². The number of rotatable bonds is 7. The SMILES string of the molecule is COc1ccc([C@H]2C=C(c3ccc(C)cc3)Nc3c(C(=O)Nc4ccc(Cl)cc4)cnn32)c(OC)c1OC. The number of halogens is 1. The average molecular weight is 531 g/mol. The molecule has 0 unspecified atom stereocenters. The van der Waals surface area contributed by atoms with E-state index in [0.717, 1.165) is 22.4 Å². The van der Waals surface area contributed by atoms with Crippen LogP contribution in [0.25, 0.3) is 5.70 Å². The fraction of sp³-hybridized carbons (Fsp3) is 0.172. The van der Waals surface area contributed by atoms with Gasteiger partial charge in [-0.1, -0.05) is 41.4 Å². The maximum atomic E-state index is 13.4. The molecule has 38 heavy (non-hydrogen) atoms. The molecular formula is C29H27ClN4O4. The van der Waals surface area contributed by atoms with Crippen molar-refractivity contribution in [3.63, 3.8) is 0 Å². The van der Waals surface area contributed by atoms with Crippen LogP contribution in [0.1, 0.15) is 33.1 Å². The summed E-state index contributed by atoms with van der Waals surface area (Å²) < 4.78 is 18.7. The van der Waals surface area contributed by atoms with Crippen LogP contribution in [0.3, 0.4) is 0 Å². The summed E-state index contributed by atoms with van der Waals surface area (Å²) in [5.41, 5.74) is 4.77. The molecule has 4 aromatic rings. The molecule has 0 spiro atoms. The van der Waals surface area contributed by atoms with E-state index in [-0.39, 0.29) is 5.91 Å². The minimum Gasteiger partial charge on any atom is -0.493 e. The first-order valence-electron chi connectivity index (χ1n) is 11.9. The van der Waals surface area contributed by atoms with Crippen LogP contribution >= 0.6 is 11.6 Å². The van der Waals surface area contributed by atoms with Gasteiger partial charge in [-0.05, 0) is 55.0 Å². The van der Waals surface area contributed by atoms with Crippen molar-refractivity contribution in [3.8, 4) is 17.2 Å². The normalized spacial score (nSPS) is 14.1. The van der Waals surface area contributed by atoms with Gasteiger partial charge in [0.25, 0.3) is 5.91 Å². The summed E-state index contributed by atoms with van der Waals surface area (Å²) in [5.74, 6) is 1.80. The van der Waals surface area contributed by atoms with Gasteiger partial charge in [-0.15, -0.1) is 0 Å². The molecule has 1 aliphatic rings. The first-order valence-corrected chi connectivity index (χ1v) is 12.3. The number of hydrogen-bond acceptors (Lipinski definition) is 6. The molecule has 5 rings (SSSR count). The van der Waals surface area contributed by atoms with Crippen molar-refractivity contribution in [2.45, 2.75) is 13.0 Å². The molecule has 9 heteroatoms. The molecular weight excluding hydrogens is 504 g/mol. The maximum Gasteiger partial charge on any atom is 0.261 e. The van der Waals surface area contributed by atoms with Gasteiger partial charge in [-0.25, -0.2) is 4.68 Å². The molecule has 1 atom stereocenters. The van der Waals surface area contributed by atoms with E-state index in [0.29, 0.717) is 39.3 Å². The summed E-state index contributed by atoms with van der Waals surface area (Å²) in [6.07, 6.45) is 3.61. The van der Waals surface area contributed by atoms with Gasteiger partial charge >= 0.3 is 0 Å². The van der Waals surface area contributed by atoms with Gasteiger partial charge in [0.05, 0.1) is 27.5 Å². The molecule has 1 aliphatic heterocycles. The summed E-state index contributed by atoms with van der Waals surface area (Å²) in [7, 11) is 4.73. The summed E-state index contributed by atoms with van der Waals surface area (Å²) in [5, 5.41) is 11.5. The van der Waals surface area contributed by atoms with E-state index in [4.69, 9.17) is 25.8 Å². The quantitative estimate of drug-likeness (QED) is 0.297. The highest BCUT2D eigenvalue weighted by Crippen LogP contribution is 2.45. The lowest BCUT2D eigenvalue weighted by molar-refractivity contribution is 0.102. The van der Waals surface area contributed by atoms with Gasteiger partial charge in [-0.3, -0.25) is 4.79 Å². The number of aryl methyl sites for hydroxylation is 1. The second-order valence-corrected chi connectivity index (χ2v) is 9.19. The van der Waals surface area contributed by atoms with Crippen LogP contribution in [0.4, 0.5) is 11.5 Å². The third-order valence-corrected chi connectivity index (χ3v) is 6.65. The molecule has 3 aromatic carbocycles. The van der Waals surface area contributed by atoms with Crippen LogP contribution < -0.4 is 24.8 Å². The van der Waals surface area contributed by atoms with Crippen molar-refractivity contribution >= 4 is 34.7 Å². The number of amides is 1. The third kappa shape index (κ3) is 4.66. The minimum atomic E-state index is -0.408. The lowest BCUT2D eigenvalue weighted by Crippen LogP contribution is -2.22. The first kappa shape index (κ1) is 25.2. The van der Waals surface area contributed by atoms with Gasteiger partial charge in [0.2, 0.25) is 5.75 Å². The summed E-state index contributed by atoms with van der Waals surface area (Å²) in [4.78, 5) is 13.4. The Bertz CT molecular complexity index is 1510. The van der Waals surface area contributed by atoms with E-state index >= 15 is 0 Å². The van der Waals surface area contributed by atoms with E-state index in [9.17, 15) is 4.79 Å². The van der Waals surface area contributed by atoms with Gasteiger partial charge in [0, 0.05) is 22.0 Å². The monoisotopic (exact) mass is 530 g/mol. The Morgan fingerprint density at radius 1 is 0.947 bits per heavy atom. The van der Waals surface area contributed by atoms with Crippen molar-refractivity contribution < 1.29 is 19.0 Å². The van der Waals surface area contributed by atoms with Crippen LogP contribution in [0.2, 0.25) is 5.02 Å². The van der Waals surface area contributed by atoms with Gasteiger partial charge < -0.3 is 24.8 Å². The van der Waals surface area contributed by atoms with Gasteiger partial charge in [0.15, 0.2) is 11.5 Å². The number of nitrogens with zero attached hydrogens (tertiary/aromatic N) is 2. The Labute approximate surface area is 225 Å². The topological polar surface area (TPSA) is 86.6 Å². The predicted octanol–water partition coefficient (Wildman–Crippen LogP) is 6.18. The molecule has 194 valence electrons. The molecule has 0 aliphatic carbocycles. The number of methoxy groups -OCH3 is 3. The third-order valence-electron chi connectivity index (χ3n) is 6.40. The number of aromatic nitrogens is 2. The van der Waals surface area contributed by atoms with E-state index < -0.39 is 6.04 Å². The van der Waals surface area contributed by atoms with Crippen molar-refractivity contribution in [2.24, 2.45) is 0 Å². The number of fused-ring (bicyclic) bond motifs is 1. The lowest BCUT2D eigenvalue weighted by atomic mass is 9.99. The summed E-state index contributed by atoms with van der Waals surface area (Å²) in [6.45, 7) is 2.04. The zero-order valence-electron chi connectivity index (χ0n) is 21.4. The first-order chi connectivity index (χ1) is 18.4. The zero-order valence-corrected chi connectivity index (χ0v) is 22.2. The second kappa shape index (κ2) is 10.5. The Kier molecular flexibility index (Phi) is 6.98. The van der Waals surface area contributed by atoms with E-state index in [1.807, 2.05) is 43.3 Å². The van der Waals surface area contributed by atoms with Crippen LogP contribution in [0.5, 0.6) is 17.2 Å². The number of nitrogens with one attached hydrogen (secondary N) is 2. The highest BCUT2D eigenvalue weighted by molar-refractivity contribution is 6.30. The number of carbonyl (C=O) groups is 1. The fourth-order valence-corrected chi connectivity index (χ4v) is 4.60. The molecule has 0 radical (unpaired) electrons. The van der Waals surface area contributed by atoms with Crippen LogP contribution in [0, 0.1) is 6.92 Å². The minimum absolute atomic E-state index is 0.302. The molecule has 0 saturated heterocycles. The number of carbonyl (C=O) groups excluding carboxylic acids is 1. The van der Waals surface area contributed by atoms with Crippen molar-refractivity contribution in [1.82, 2.24) is 9.78 Å². The molecule has 2 N–H and O–H groups in total. The number of hydrogen-bond donors (Lipinski definition) is 2.